The molecule has 112 valence electrons. The van der Waals surface area contributed by atoms with Crippen molar-refractivity contribution < 1.29 is 9.47 Å². The number of pyridine rings is 1. The molecule has 7 heteroatoms. The SMILES string of the molecule is COCCOc1nc(C)nc(NCc2ccccn2)c1N. The van der Waals surface area contributed by atoms with Crippen LogP contribution in [0, 0.1) is 6.92 Å². The molecular weight excluding hydrogens is 270 g/mol. The van der Waals surface area contributed by atoms with E-state index in [1.807, 2.05) is 18.2 Å². The normalized spacial score (nSPS) is 10.4. The molecule has 0 aromatic carbocycles. The lowest BCUT2D eigenvalue weighted by Gasteiger charge is -2.13. The predicted molar refractivity (Wildman–Crippen MR) is 80.1 cm³/mol. The number of aryl methyl sites for hydroxylation is 1. The molecule has 3 N–H and O–H groups in total. The molecule has 0 aliphatic rings. The van der Waals surface area contributed by atoms with E-state index in [1.54, 1.807) is 20.2 Å². The van der Waals surface area contributed by atoms with Crippen molar-refractivity contribution >= 4 is 11.5 Å². The predicted octanol–water partition coefficient (Wildman–Crippen LogP) is 1.40. The summed E-state index contributed by atoms with van der Waals surface area (Å²) in [4.78, 5) is 12.7. The van der Waals surface area contributed by atoms with Gasteiger partial charge in [0.15, 0.2) is 5.82 Å². The first-order valence-electron chi connectivity index (χ1n) is 6.60. The molecule has 0 radical (unpaired) electrons. The third kappa shape index (κ3) is 4.28. The van der Waals surface area contributed by atoms with Crippen LogP contribution in [-0.2, 0) is 11.3 Å². The van der Waals surface area contributed by atoms with Crippen LogP contribution in [0.3, 0.4) is 0 Å². The number of hydrogen-bond donors (Lipinski definition) is 2. The van der Waals surface area contributed by atoms with Crippen LogP contribution in [0.15, 0.2) is 24.4 Å². The molecule has 2 aromatic heterocycles. The van der Waals surface area contributed by atoms with Gasteiger partial charge >= 0.3 is 0 Å². The lowest BCUT2D eigenvalue weighted by Crippen LogP contribution is -2.12. The van der Waals surface area contributed by atoms with Crippen molar-refractivity contribution in [2.45, 2.75) is 13.5 Å². The summed E-state index contributed by atoms with van der Waals surface area (Å²) in [6, 6.07) is 5.72. The van der Waals surface area contributed by atoms with Crippen LogP contribution in [0.25, 0.3) is 0 Å². The molecule has 0 aliphatic heterocycles. The lowest BCUT2D eigenvalue weighted by molar-refractivity contribution is 0.144. The van der Waals surface area contributed by atoms with Gasteiger partial charge in [-0.25, -0.2) is 4.98 Å². The van der Waals surface area contributed by atoms with E-state index in [4.69, 9.17) is 15.2 Å². The molecule has 2 heterocycles. The van der Waals surface area contributed by atoms with Gasteiger partial charge in [0.05, 0.1) is 18.8 Å². The van der Waals surface area contributed by atoms with Crippen molar-refractivity contribution in [1.29, 1.82) is 0 Å². The highest BCUT2D eigenvalue weighted by Crippen LogP contribution is 2.26. The molecule has 2 aromatic rings. The summed E-state index contributed by atoms with van der Waals surface area (Å²) in [6.45, 7) is 3.17. The monoisotopic (exact) mass is 289 g/mol. The van der Waals surface area contributed by atoms with Gasteiger partial charge in [-0.2, -0.15) is 4.98 Å². The smallest absolute Gasteiger partial charge is 0.242 e. The highest BCUT2D eigenvalue weighted by molar-refractivity contribution is 5.66. The molecule has 0 amide bonds. The van der Waals surface area contributed by atoms with Gasteiger partial charge in [-0.15, -0.1) is 0 Å². The molecule has 0 unspecified atom stereocenters. The minimum atomic E-state index is 0.364. The van der Waals surface area contributed by atoms with Crippen LogP contribution >= 0.6 is 0 Å². The van der Waals surface area contributed by atoms with E-state index in [0.29, 0.717) is 43.0 Å². The Bertz CT molecular complexity index is 577. The number of rotatable bonds is 7. The first-order chi connectivity index (χ1) is 10.2. The number of methoxy groups -OCH3 is 1. The van der Waals surface area contributed by atoms with Gasteiger partial charge in [0.2, 0.25) is 5.88 Å². The van der Waals surface area contributed by atoms with Crippen LogP contribution in [0.1, 0.15) is 11.5 Å². The highest BCUT2D eigenvalue weighted by Gasteiger charge is 2.11. The van der Waals surface area contributed by atoms with Gasteiger partial charge in [-0.3, -0.25) is 4.98 Å². The van der Waals surface area contributed by atoms with Crippen molar-refractivity contribution in [3.63, 3.8) is 0 Å². The largest absolute Gasteiger partial charge is 0.474 e. The van der Waals surface area contributed by atoms with E-state index in [2.05, 4.69) is 20.3 Å². The summed E-state index contributed by atoms with van der Waals surface area (Å²) in [6.07, 6.45) is 1.74. The summed E-state index contributed by atoms with van der Waals surface area (Å²) in [5.74, 6) is 1.49. The van der Waals surface area contributed by atoms with Gasteiger partial charge < -0.3 is 20.5 Å². The number of nitrogens with two attached hydrogens (primary N) is 1. The number of ether oxygens (including phenoxy) is 2. The van der Waals surface area contributed by atoms with E-state index < -0.39 is 0 Å². The molecule has 0 spiro atoms. The second-order valence-electron chi connectivity index (χ2n) is 4.35. The van der Waals surface area contributed by atoms with Crippen LogP contribution in [0.2, 0.25) is 0 Å². The zero-order valence-corrected chi connectivity index (χ0v) is 12.2. The zero-order chi connectivity index (χ0) is 15.1. The Kier molecular flexibility index (Phi) is 5.28. The summed E-state index contributed by atoms with van der Waals surface area (Å²) >= 11 is 0. The Labute approximate surface area is 123 Å². The zero-order valence-electron chi connectivity index (χ0n) is 12.2. The second kappa shape index (κ2) is 7.39. The average Bonchev–Trinajstić information content (AvgIpc) is 2.50. The highest BCUT2D eigenvalue weighted by atomic mass is 16.5. The topological polar surface area (TPSA) is 95.2 Å². The third-order valence-electron chi connectivity index (χ3n) is 2.71. The van der Waals surface area contributed by atoms with E-state index in [9.17, 15) is 0 Å². The Hall–Kier alpha value is -2.41. The van der Waals surface area contributed by atoms with Crippen molar-refractivity contribution in [2.24, 2.45) is 0 Å². The number of nitrogens with one attached hydrogen (secondary N) is 1. The van der Waals surface area contributed by atoms with Gasteiger partial charge in [0.25, 0.3) is 0 Å². The molecule has 2 rings (SSSR count). The molecule has 0 fully saturated rings. The van der Waals surface area contributed by atoms with Crippen molar-refractivity contribution in [2.75, 3.05) is 31.4 Å². The molecular formula is C14H19N5O2. The minimum absolute atomic E-state index is 0.364. The molecule has 0 aliphatic carbocycles. The van der Waals surface area contributed by atoms with Crippen molar-refractivity contribution in [1.82, 2.24) is 15.0 Å². The first kappa shape index (κ1) is 15.0. The van der Waals surface area contributed by atoms with E-state index in [1.165, 1.54) is 0 Å². The van der Waals surface area contributed by atoms with Crippen molar-refractivity contribution in [3.8, 4) is 5.88 Å². The number of anilines is 2. The van der Waals surface area contributed by atoms with Crippen LogP contribution < -0.4 is 15.8 Å². The maximum absolute atomic E-state index is 6.02. The lowest BCUT2D eigenvalue weighted by atomic mass is 10.3. The molecule has 0 bridgehead atoms. The van der Waals surface area contributed by atoms with E-state index >= 15 is 0 Å². The maximum Gasteiger partial charge on any atom is 0.242 e. The van der Waals surface area contributed by atoms with Gasteiger partial charge in [-0.05, 0) is 19.1 Å². The van der Waals surface area contributed by atoms with Gasteiger partial charge in [0, 0.05) is 13.3 Å². The number of nitrogen functional groups attached to an aromatic ring is 1. The summed E-state index contributed by atoms with van der Waals surface area (Å²) in [7, 11) is 1.61. The fourth-order valence-corrected chi connectivity index (χ4v) is 1.70. The Morgan fingerprint density at radius 3 is 2.81 bits per heavy atom. The summed E-state index contributed by atoms with van der Waals surface area (Å²) in [5, 5.41) is 3.15. The molecule has 7 nitrogen and oxygen atoms in total. The Morgan fingerprint density at radius 2 is 2.10 bits per heavy atom. The molecule has 0 atom stereocenters. The van der Waals surface area contributed by atoms with Gasteiger partial charge in [0.1, 0.15) is 18.1 Å². The quantitative estimate of drug-likeness (QED) is 0.744. The first-order valence-corrected chi connectivity index (χ1v) is 6.60. The Morgan fingerprint density at radius 1 is 1.24 bits per heavy atom. The second-order valence-corrected chi connectivity index (χ2v) is 4.35. The van der Waals surface area contributed by atoms with Crippen molar-refractivity contribution in [3.05, 3.63) is 35.9 Å². The third-order valence-corrected chi connectivity index (χ3v) is 2.71. The Balaban J connectivity index is 2.08. The molecule has 21 heavy (non-hydrogen) atoms. The number of aromatic nitrogens is 3. The standard InChI is InChI=1S/C14H19N5O2/c1-10-18-13(17-9-11-5-3-4-6-16-11)12(15)14(19-10)21-8-7-20-2/h3-6H,7-9,15H2,1-2H3,(H,17,18,19). The average molecular weight is 289 g/mol. The van der Waals surface area contributed by atoms with Crippen LogP contribution in [0.5, 0.6) is 5.88 Å². The summed E-state index contributed by atoms with van der Waals surface area (Å²) < 4.78 is 10.4. The maximum atomic E-state index is 6.02. The van der Waals surface area contributed by atoms with Crippen LogP contribution in [-0.4, -0.2) is 35.3 Å². The minimum Gasteiger partial charge on any atom is -0.474 e. The summed E-state index contributed by atoms with van der Waals surface area (Å²) in [5.41, 5.74) is 7.31. The molecule has 0 saturated heterocycles. The van der Waals surface area contributed by atoms with Crippen LogP contribution in [0.4, 0.5) is 11.5 Å². The van der Waals surface area contributed by atoms with E-state index in [0.717, 1.165) is 5.69 Å². The fourth-order valence-electron chi connectivity index (χ4n) is 1.70. The van der Waals surface area contributed by atoms with E-state index in [-0.39, 0.29) is 0 Å². The molecule has 0 saturated carbocycles. The number of nitrogens with zero attached hydrogens (tertiary/aromatic N) is 3. The fraction of sp³-hybridized carbons (Fsp3) is 0.357. The number of hydrogen-bond acceptors (Lipinski definition) is 7. The van der Waals surface area contributed by atoms with Gasteiger partial charge in [-0.1, -0.05) is 6.07 Å².